The topological polar surface area (TPSA) is 46.1 Å². The van der Waals surface area contributed by atoms with Crippen molar-refractivity contribution >= 4 is 44.7 Å². The van der Waals surface area contributed by atoms with E-state index < -0.39 is 0 Å². The number of rotatable bonds is 6. The second-order valence-corrected chi connectivity index (χ2v) is 7.69. The zero-order valence-electron chi connectivity index (χ0n) is 15.5. The first-order valence-corrected chi connectivity index (χ1v) is 10.1. The van der Waals surface area contributed by atoms with Crippen molar-refractivity contribution in [3.05, 3.63) is 64.9 Å². The first-order valence-electron chi connectivity index (χ1n) is 9.25. The van der Waals surface area contributed by atoms with Crippen LogP contribution in [0.3, 0.4) is 0 Å². The Bertz CT molecular complexity index is 1080. The second-order valence-electron chi connectivity index (χ2n) is 6.66. The molecule has 2 heterocycles. The van der Waals surface area contributed by atoms with Gasteiger partial charge in [-0.25, -0.2) is 0 Å². The Balaban J connectivity index is 1.55. The molecule has 0 radical (unpaired) electrons. The van der Waals surface area contributed by atoms with Crippen molar-refractivity contribution in [2.75, 3.05) is 5.32 Å². The van der Waals surface area contributed by atoms with E-state index in [0.717, 1.165) is 17.1 Å². The molecule has 0 spiro atoms. The number of fused-ring (bicyclic) bond motifs is 3. The number of hydrogen-bond acceptors (Lipinski definition) is 3. The van der Waals surface area contributed by atoms with Crippen LogP contribution in [0.4, 0.5) is 5.69 Å². The van der Waals surface area contributed by atoms with Gasteiger partial charge >= 0.3 is 0 Å². The third-order valence-electron chi connectivity index (χ3n) is 4.88. The van der Waals surface area contributed by atoms with Gasteiger partial charge < -0.3 is 15.2 Å². The van der Waals surface area contributed by atoms with Crippen LogP contribution in [0.2, 0.25) is 0 Å². The molecule has 5 heteroatoms. The molecule has 1 amide bonds. The van der Waals surface area contributed by atoms with Crippen LogP contribution in [0.25, 0.3) is 21.8 Å². The van der Waals surface area contributed by atoms with Crippen LogP contribution < -0.4 is 10.6 Å². The standard InChI is InChI=1S/C22H23N3OS/c1-3-25-20-9-5-4-8-18(20)19-13-16(10-11-21(19)25)24-15(2)22(26)23-14-17-7-6-12-27-17/h4-13,15,24H,3,14H2,1-2H3,(H,23,26)/t15-/m1/s1. The van der Waals surface area contributed by atoms with E-state index in [1.807, 2.05) is 24.4 Å². The molecule has 0 saturated heterocycles. The largest absolute Gasteiger partial charge is 0.374 e. The fourth-order valence-corrected chi connectivity index (χ4v) is 4.18. The minimum Gasteiger partial charge on any atom is -0.374 e. The molecule has 2 aromatic carbocycles. The quantitative estimate of drug-likeness (QED) is 0.497. The lowest BCUT2D eigenvalue weighted by molar-refractivity contribution is -0.121. The Morgan fingerprint density at radius 2 is 1.89 bits per heavy atom. The lowest BCUT2D eigenvalue weighted by Crippen LogP contribution is -2.37. The number of amides is 1. The van der Waals surface area contributed by atoms with Crippen molar-refractivity contribution in [2.45, 2.75) is 33.0 Å². The van der Waals surface area contributed by atoms with Crippen molar-refractivity contribution in [1.82, 2.24) is 9.88 Å². The number of hydrogen-bond donors (Lipinski definition) is 2. The summed E-state index contributed by atoms with van der Waals surface area (Å²) >= 11 is 1.65. The van der Waals surface area contributed by atoms with Gasteiger partial charge in [0.15, 0.2) is 0 Å². The Morgan fingerprint density at radius 3 is 2.67 bits per heavy atom. The van der Waals surface area contributed by atoms with Gasteiger partial charge in [0.05, 0.1) is 6.54 Å². The van der Waals surface area contributed by atoms with E-state index in [2.05, 4.69) is 64.6 Å². The molecular formula is C22H23N3OS. The molecule has 0 saturated carbocycles. The number of anilines is 1. The van der Waals surface area contributed by atoms with Gasteiger partial charge in [-0.2, -0.15) is 0 Å². The van der Waals surface area contributed by atoms with Crippen LogP contribution in [-0.4, -0.2) is 16.5 Å². The maximum atomic E-state index is 12.4. The molecule has 0 bridgehead atoms. The minimum atomic E-state index is -0.304. The van der Waals surface area contributed by atoms with Gasteiger partial charge in [0.1, 0.15) is 6.04 Å². The van der Waals surface area contributed by atoms with E-state index >= 15 is 0 Å². The lowest BCUT2D eigenvalue weighted by atomic mass is 10.1. The summed E-state index contributed by atoms with van der Waals surface area (Å²) in [6, 6.07) is 18.5. The maximum Gasteiger partial charge on any atom is 0.242 e. The molecule has 2 N–H and O–H groups in total. The minimum absolute atomic E-state index is 0.000478. The summed E-state index contributed by atoms with van der Waals surface area (Å²) in [4.78, 5) is 13.6. The highest BCUT2D eigenvalue weighted by Gasteiger charge is 2.14. The number of thiophene rings is 1. The summed E-state index contributed by atoms with van der Waals surface area (Å²) in [5.41, 5.74) is 3.42. The molecular weight excluding hydrogens is 354 g/mol. The summed E-state index contributed by atoms with van der Waals surface area (Å²) in [6.45, 7) is 5.56. The summed E-state index contributed by atoms with van der Waals surface area (Å²) < 4.78 is 2.33. The van der Waals surface area contributed by atoms with Gasteiger partial charge in [0.25, 0.3) is 0 Å². The molecule has 2 aromatic heterocycles. The third-order valence-corrected chi connectivity index (χ3v) is 5.76. The highest BCUT2D eigenvalue weighted by atomic mass is 32.1. The summed E-state index contributed by atoms with van der Waals surface area (Å²) in [5, 5.41) is 10.8. The molecule has 0 aliphatic rings. The van der Waals surface area contributed by atoms with Gasteiger partial charge in [0.2, 0.25) is 5.91 Å². The van der Waals surface area contributed by atoms with Crippen LogP contribution in [-0.2, 0) is 17.9 Å². The molecule has 4 nitrogen and oxygen atoms in total. The Kier molecular flexibility index (Phi) is 4.86. The average molecular weight is 378 g/mol. The van der Waals surface area contributed by atoms with Gasteiger partial charge in [-0.05, 0) is 49.6 Å². The number of nitrogens with one attached hydrogen (secondary N) is 2. The van der Waals surface area contributed by atoms with Crippen LogP contribution in [0.5, 0.6) is 0 Å². The third kappa shape index (κ3) is 3.43. The molecule has 0 aliphatic heterocycles. The normalized spacial score (nSPS) is 12.4. The van der Waals surface area contributed by atoms with E-state index in [1.165, 1.54) is 21.8 Å². The zero-order chi connectivity index (χ0) is 18.8. The maximum absolute atomic E-state index is 12.4. The number of aromatic nitrogens is 1. The van der Waals surface area contributed by atoms with Crippen molar-refractivity contribution in [1.29, 1.82) is 0 Å². The van der Waals surface area contributed by atoms with Crippen LogP contribution in [0.1, 0.15) is 18.7 Å². The Morgan fingerprint density at radius 1 is 1.07 bits per heavy atom. The zero-order valence-corrected chi connectivity index (χ0v) is 16.3. The predicted molar refractivity (Wildman–Crippen MR) is 114 cm³/mol. The fraction of sp³-hybridized carbons (Fsp3) is 0.227. The molecule has 27 heavy (non-hydrogen) atoms. The van der Waals surface area contributed by atoms with Crippen molar-refractivity contribution < 1.29 is 4.79 Å². The first-order chi connectivity index (χ1) is 13.2. The van der Waals surface area contributed by atoms with Crippen LogP contribution in [0.15, 0.2) is 60.0 Å². The molecule has 1 atom stereocenters. The number of benzene rings is 2. The van der Waals surface area contributed by atoms with Gasteiger partial charge in [0, 0.05) is 38.9 Å². The highest BCUT2D eigenvalue weighted by Crippen LogP contribution is 2.31. The average Bonchev–Trinajstić information content (AvgIpc) is 3.31. The second kappa shape index (κ2) is 7.45. The number of carbonyl (C=O) groups excluding carboxylic acids is 1. The van der Waals surface area contributed by atoms with E-state index in [0.29, 0.717) is 6.54 Å². The SMILES string of the molecule is CCn1c2ccccc2c2cc(N[C@H](C)C(=O)NCc3cccs3)ccc21. The van der Waals surface area contributed by atoms with Crippen molar-refractivity contribution in [3.8, 4) is 0 Å². The smallest absolute Gasteiger partial charge is 0.242 e. The number of aryl methyl sites for hydroxylation is 1. The highest BCUT2D eigenvalue weighted by molar-refractivity contribution is 7.09. The first kappa shape index (κ1) is 17.6. The van der Waals surface area contributed by atoms with Crippen LogP contribution >= 0.6 is 11.3 Å². The molecule has 4 rings (SSSR count). The van der Waals surface area contributed by atoms with E-state index in [-0.39, 0.29) is 11.9 Å². The lowest BCUT2D eigenvalue weighted by Gasteiger charge is -2.15. The van der Waals surface area contributed by atoms with E-state index in [9.17, 15) is 4.79 Å². The molecule has 4 aromatic rings. The molecule has 0 aliphatic carbocycles. The van der Waals surface area contributed by atoms with Gasteiger partial charge in [-0.1, -0.05) is 24.3 Å². The van der Waals surface area contributed by atoms with Crippen molar-refractivity contribution in [2.24, 2.45) is 0 Å². The Labute approximate surface area is 162 Å². The van der Waals surface area contributed by atoms with E-state index in [1.54, 1.807) is 11.3 Å². The van der Waals surface area contributed by atoms with E-state index in [4.69, 9.17) is 0 Å². The molecule has 0 fully saturated rings. The molecule has 138 valence electrons. The summed E-state index contributed by atoms with van der Waals surface area (Å²) in [7, 11) is 0. The monoisotopic (exact) mass is 377 g/mol. The number of nitrogens with zero attached hydrogens (tertiary/aromatic N) is 1. The Hall–Kier alpha value is -2.79. The number of carbonyl (C=O) groups is 1. The van der Waals surface area contributed by atoms with Crippen LogP contribution in [0, 0.1) is 0 Å². The number of para-hydroxylation sites is 1. The summed E-state index contributed by atoms with van der Waals surface area (Å²) in [5.74, 6) is -0.000478. The fourth-order valence-electron chi connectivity index (χ4n) is 3.54. The predicted octanol–water partition coefficient (Wildman–Crippen LogP) is 4.99. The molecule has 0 unspecified atom stereocenters. The van der Waals surface area contributed by atoms with Gasteiger partial charge in [-0.15, -0.1) is 11.3 Å². The van der Waals surface area contributed by atoms with Gasteiger partial charge in [-0.3, -0.25) is 4.79 Å². The summed E-state index contributed by atoms with van der Waals surface area (Å²) in [6.07, 6.45) is 0. The van der Waals surface area contributed by atoms with Crippen molar-refractivity contribution in [3.63, 3.8) is 0 Å².